The molecule has 0 fully saturated rings. The average molecular weight is 350 g/mol. The number of halogens is 2. The number of fused-ring (bicyclic) bond motifs is 1. The van der Waals surface area contributed by atoms with Gasteiger partial charge < -0.3 is 10.1 Å². The summed E-state index contributed by atoms with van der Waals surface area (Å²) in [5.41, 5.74) is 3.28. The zero-order valence-corrected chi connectivity index (χ0v) is 13.4. The van der Waals surface area contributed by atoms with Crippen molar-refractivity contribution in [3.8, 4) is 5.75 Å². The molecule has 0 aromatic heterocycles. The first-order valence-electron chi connectivity index (χ1n) is 7.12. The smallest absolute Gasteiger partial charge is 0.124 e. The number of rotatable bonds is 4. The highest BCUT2D eigenvalue weighted by Crippen LogP contribution is 2.31. The van der Waals surface area contributed by atoms with E-state index in [0.29, 0.717) is 0 Å². The monoisotopic (exact) mass is 349 g/mol. The van der Waals surface area contributed by atoms with Gasteiger partial charge in [0.2, 0.25) is 0 Å². The van der Waals surface area contributed by atoms with E-state index in [1.165, 1.54) is 11.6 Å². The molecular weight excluding hydrogens is 333 g/mol. The summed E-state index contributed by atoms with van der Waals surface area (Å²) in [6.07, 6.45) is 0.939. The van der Waals surface area contributed by atoms with E-state index < -0.39 is 0 Å². The summed E-state index contributed by atoms with van der Waals surface area (Å²) < 4.78 is 20.0. The summed E-state index contributed by atoms with van der Waals surface area (Å²) in [4.78, 5) is 0. The van der Waals surface area contributed by atoms with Crippen LogP contribution < -0.4 is 10.1 Å². The molecule has 0 saturated heterocycles. The van der Waals surface area contributed by atoms with Gasteiger partial charge in [0.25, 0.3) is 0 Å². The molecule has 1 unspecified atom stereocenters. The topological polar surface area (TPSA) is 21.3 Å². The van der Waals surface area contributed by atoms with Crippen molar-refractivity contribution in [1.82, 2.24) is 5.32 Å². The Balaban J connectivity index is 2.01. The van der Waals surface area contributed by atoms with E-state index in [1.807, 2.05) is 12.1 Å². The average Bonchev–Trinajstić information content (AvgIpc) is 2.91. The summed E-state index contributed by atoms with van der Waals surface area (Å²) >= 11 is 3.37. The van der Waals surface area contributed by atoms with E-state index in [-0.39, 0.29) is 11.9 Å². The molecule has 1 aliphatic heterocycles. The van der Waals surface area contributed by atoms with Crippen LogP contribution in [0.3, 0.4) is 0 Å². The maximum Gasteiger partial charge on any atom is 0.124 e. The second-order valence-corrected chi connectivity index (χ2v) is 6.07. The highest BCUT2D eigenvalue weighted by atomic mass is 79.9. The van der Waals surface area contributed by atoms with Crippen molar-refractivity contribution in [2.45, 2.75) is 19.4 Å². The van der Waals surface area contributed by atoms with E-state index in [1.54, 1.807) is 6.07 Å². The van der Waals surface area contributed by atoms with Crippen LogP contribution >= 0.6 is 15.9 Å². The molecular formula is C17H17BrFNO. The Morgan fingerprint density at radius 3 is 2.86 bits per heavy atom. The first-order chi connectivity index (χ1) is 10.2. The van der Waals surface area contributed by atoms with Crippen molar-refractivity contribution >= 4 is 15.9 Å². The van der Waals surface area contributed by atoms with Gasteiger partial charge in [-0.05, 0) is 47.5 Å². The normalized spacial score (nSPS) is 14.6. The molecule has 0 amide bonds. The van der Waals surface area contributed by atoms with Gasteiger partial charge in [-0.3, -0.25) is 0 Å². The molecule has 4 heteroatoms. The number of hydrogen-bond donors (Lipinski definition) is 1. The van der Waals surface area contributed by atoms with Crippen molar-refractivity contribution in [3.63, 3.8) is 0 Å². The molecule has 1 aliphatic rings. The van der Waals surface area contributed by atoms with Crippen LogP contribution in [0.4, 0.5) is 4.39 Å². The first-order valence-corrected chi connectivity index (χ1v) is 7.91. The van der Waals surface area contributed by atoms with Gasteiger partial charge in [0, 0.05) is 10.9 Å². The highest BCUT2D eigenvalue weighted by molar-refractivity contribution is 9.10. The molecule has 1 atom stereocenters. The second-order valence-electron chi connectivity index (χ2n) is 5.16. The Kier molecular flexibility index (Phi) is 4.27. The Hall–Kier alpha value is -1.39. The van der Waals surface area contributed by atoms with Crippen LogP contribution in [0.1, 0.15) is 29.7 Å². The number of nitrogens with one attached hydrogen (secondary N) is 1. The van der Waals surface area contributed by atoms with Gasteiger partial charge in [-0.25, -0.2) is 4.39 Å². The van der Waals surface area contributed by atoms with Gasteiger partial charge in [-0.15, -0.1) is 0 Å². The number of ether oxygens (including phenoxy) is 1. The van der Waals surface area contributed by atoms with Crippen LogP contribution in [0, 0.1) is 5.82 Å². The predicted molar refractivity (Wildman–Crippen MR) is 85.3 cm³/mol. The quantitative estimate of drug-likeness (QED) is 0.891. The van der Waals surface area contributed by atoms with Gasteiger partial charge in [0.05, 0.1) is 12.6 Å². The molecule has 3 rings (SSSR count). The van der Waals surface area contributed by atoms with Crippen molar-refractivity contribution in [2.24, 2.45) is 0 Å². The van der Waals surface area contributed by atoms with Crippen molar-refractivity contribution in [2.75, 3.05) is 13.2 Å². The van der Waals surface area contributed by atoms with Crippen LogP contribution in [-0.4, -0.2) is 13.2 Å². The molecule has 1 N–H and O–H groups in total. The summed E-state index contributed by atoms with van der Waals surface area (Å²) in [6, 6.07) is 11.2. The van der Waals surface area contributed by atoms with Gasteiger partial charge in [0.15, 0.2) is 0 Å². The molecule has 1 heterocycles. The molecule has 2 aromatic carbocycles. The number of hydrogen-bond acceptors (Lipinski definition) is 2. The Morgan fingerprint density at radius 1 is 1.24 bits per heavy atom. The molecule has 110 valence electrons. The lowest BCUT2D eigenvalue weighted by molar-refractivity contribution is 0.357. The molecule has 0 radical (unpaired) electrons. The van der Waals surface area contributed by atoms with Gasteiger partial charge in [-0.2, -0.15) is 0 Å². The van der Waals surface area contributed by atoms with E-state index in [0.717, 1.165) is 40.9 Å². The van der Waals surface area contributed by atoms with Gasteiger partial charge in [0.1, 0.15) is 11.6 Å². The van der Waals surface area contributed by atoms with Crippen LogP contribution in [0.15, 0.2) is 40.9 Å². The van der Waals surface area contributed by atoms with Crippen molar-refractivity contribution < 1.29 is 9.13 Å². The van der Waals surface area contributed by atoms with E-state index in [9.17, 15) is 4.39 Å². The van der Waals surface area contributed by atoms with E-state index in [4.69, 9.17) is 4.74 Å². The minimum atomic E-state index is -0.230. The fourth-order valence-corrected chi connectivity index (χ4v) is 3.24. The lowest BCUT2D eigenvalue weighted by Gasteiger charge is -2.20. The third-order valence-electron chi connectivity index (χ3n) is 3.67. The van der Waals surface area contributed by atoms with Crippen molar-refractivity contribution in [3.05, 3.63) is 63.4 Å². The summed E-state index contributed by atoms with van der Waals surface area (Å²) in [7, 11) is 0. The maximum atomic E-state index is 13.7. The van der Waals surface area contributed by atoms with Gasteiger partial charge in [-0.1, -0.05) is 35.0 Å². The van der Waals surface area contributed by atoms with Gasteiger partial charge >= 0.3 is 0 Å². The lowest BCUT2D eigenvalue weighted by atomic mass is 9.96. The molecule has 2 nitrogen and oxygen atoms in total. The molecule has 0 aliphatic carbocycles. The zero-order chi connectivity index (χ0) is 14.8. The van der Waals surface area contributed by atoms with Crippen LogP contribution in [0.2, 0.25) is 0 Å². The van der Waals surface area contributed by atoms with Crippen LogP contribution in [0.25, 0.3) is 0 Å². The fraction of sp³-hybridized carbons (Fsp3) is 0.294. The number of benzene rings is 2. The predicted octanol–water partition coefficient (Wildman–Crippen LogP) is 4.22. The second kappa shape index (κ2) is 6.16. The lowest BCUT2D eigenvalue weighted by Crippen LogP contribution is -2.22. The summed E-state index contributed by atoms with van der Waals surface area (Å²) in [5.74, 6) is 0.737. The summed E-state index contributed by atoms with van der Waals surface area (Å²) in [5, 5.41) is 3.43. The first kappa shape index (κ1) is 14.5. The Bertz CT molecular complexity index is 639. The molecule has 0 bridgehead atoms. The van der Waals surface area contributed by atoms with Crippen molar-refractivity contribution in [1.29, 1.82) is 0 Å². The standard InChI is InChI=1S/C17H17BrFNO/c1-2-20-17(13-8-14(18)10-15(19)9-13)12-3-4-16-11(7-12)5-6-21-16/h3-4,7-10,17,20H,2,5-6H2,1H3. The molecule has 0 spiro atoms. The van der Waals surface area contributed by atoms with Crippen LogP contribution in [0.5, 0.6) is 5.75 Å². The van der Waals surface area contributed by atoms with Crippen LogP contribution in [-0.2, 0) is 6.42 Å². The molecule has 2 aromatic rings. The minimum absolute atomic E-state index is 0.0205. The maximum absolute atomic E-state index is 13.7. The largest absolute Gasteiger partial charge is 0.493 e. The fourth-order valence-electron chi connectivity index (χ4n) is 2.76. The Labute approximate surface area is 132 Å². The zero-order valence-electron chi connectivity index (χ0n) is 11.8. The minimum Gasteiger partial charge on any atom is -0.493 e. The van der Waals surface area contributed by atoms with E-state index in [2.05, 4.69) is 40.3 Å². The molecule has 0 saturated carbocycles. The Morgan fingerprint density at radius 2 is 2.10 bits per heavy atom. The third kappa shape index (κ3) is 3.11. The van der Waals surface area contributed by atoms with E-state index >= 15 is 0 Å². The third-order valence-corrected chi connectivity index (χ3v) is 4.13. The SMILES string of the molecule is CCNC(c1cc(F)cc(Br)c1)c1ccc2c(c1)CCO2. The molecule has 21 heavy (non-hydrogen) atoms. The summed E-state index contributed by atoms with van der Waals surface area (Å²) in [6.45, 7) is 3.61. The highest BCUT2D eigenvalue weighted by Gasteiger charge is 2.18.